The Balaban J connectivity index is 1.65. The van der Waals surface area contributed by atoms with E-state index >= 15 is 0 Å². The van der Waals surface area contributed by atoms with Gasteiger partial charge in [-0.3, -0.25) is 4.79 Å². The average Bonchev–Trinajstić information content (AvgIpc) is 2.98. The molecule has 2 N–H and O–H groups in total. The van der Waals surface area contributed by atoms with E-state index in [2.05, 4.69) is 10.5 Å². The summed E-state index contributed by atoms with van der Waals surface area (Å²) in [6.07, 6.45) is 1.60. The number of methoxy groups -OCH3 is 2. The number of nitrogens with one attached hydrogen (secondary N) is 1. The summed E-state index contributed by atoms with van der Waals surface area (Å²) >= 11 is 1.41. The van der Waals surface area contributed by atoms with E-state index in [1.807, 2.05) is 24.3 Å². The van der Waals surface area contributed by atoms with Crippen LogP contribution in [0, 0.1) is 0 Å². The van der Waals surface area contributed by atoms with Gasteiger partial charge in [-0.15, -0.1) is 11.3 Å². The number of rotatable bonds is 6. The molecule has 0 aliphatic carbocycles. The van der Waals surface area contributed by atoms with Crippen LogP contribution in [0.1, 0.15) is 10.4 Å². The fourth-order valence-electron chi connectivity index (χ4n) is 2.52. The van der Waals surface area contributed by atoms with Crippen LogP contribution in [0.5, 0.6) is 17.2 Å². The van der Waals surface area contributed by atoms with Crippen LogP contribution in [0.2, 0.25) is 0 Å². The molecule has 0 bridgehead atoms. The van der Waals surface area contributed by atoms with Gasteiger partial charge in [-0.1, -0.05) is 18.2 Å². The highest BCUT2D eigenvalue weighted by Crippen LogP contribution is 2.35. The third-order valence-corrected chi connectivity index (χ3v) is 4.87. The van der Waals surface area contributed by atoms with E-state index in [9.17, 15) is 9.90 Å². The molecule has 1 aromatic heterocycles. The van der Waals surface area contributed by atoms with Crippen molar-refractivity contribution in [3.05, 3.63) is 52.9 Å². The molecule has 0 aliphatic heterocycles. The van der Waals surface area contributed by atoms with Crippen LogP contribution in [0.15, 0.2) is 47.6 Å². The van der Waals surface area contributed by atoms with Crippen molar-refractivity contribution in [2.75, 3.05) is 14.2 Å². The zero-order chi connectivity index (χ0) is 18.5. The van der Waals surface area contributed by atoms with Gasteiger partial charge in [0.2, 0.25) is 5.91 Å². The molecule has 3 rings (SSSR count). The van der Waals surface area contributed by atoms with Crippen LogP contribution in [0.4, 0.5) is 0 Å². The number of fused-ring (bicyclic) bond motifs is 1. The maximum Gasteiger partial charge on any atom is 0.244 e. The Morgan fingerprint density at radius 1 is 1.19 bits per heavy atom. The van der Waals surface area contributed by atoms with Gasteiger partial charge < -0.3 is 14.6 Å². The summed E-state index contributed by atoms with van der Waals surface area (Å²) < 4.78 is 11.4. The predicted octanol–water partition coefficient (Wildman–Crippen LogP) is 3.32. The second kappa shape index (κ2) is 7.88. The summed E-state index contributed by atoms with van der Waals surface area (Å²) in [5.74, 6) is 1.07. The summed E-state index contributed by atoms with van der Waals surface area (Å²) in [6, 6.07) is 12.8. The molecule has 2 aromatic carbocycles. The van der Waals surface area contributed by atoms with Crippen molar-refractivity contribution in [2.24, 2.45) is 5.10 Å². The lowest BCUT2D eigenvalue weighted by atomic mass is 10.1. The highest BCUT2D eigenvalue weighted by molar-refractivity contribution is 7.21. The summed E-state index contributed by atoms with van der Waals surface area (Å²) in [4.78, 5) is 12.7. The zero-order valence-electron chi connectivity index (χ0n) is 14.4. The SMILES string of the molecule is COc1ccc(CC(=O)NN=Cc2sc3ccccc3c2O)cc1OC. The number of amides is 1. The number of hydrazone groups is 1. The van der Waals surface area contributed by atoms with Gasteiger partial charge in [-0.2, -0.15) is 5.10 Å². The Hall–Kier alpha value is -3.06. The Bertz CT molecular complexity index is 965. The van der Waals surface area contributed by atoms with Crippen molar-refractivity contribution in [3.8, 4) is 17.2 Å². The second-order valence-electron chi connectivity index (χ2n) is 5.47. The average molecular weight is 370 g/mol. The van der Waals surface area contributed by atoms with Gasteiger partial charge >= 0.3 is 0 Å². The number of aromatic hydroxyl groups is 1. The molecule has 3 aromatic rings. The van der Waals surface area contributed by atoms with Gasteiger partial charge in [0.05, 0.1) is 31.7 Å². The van der Waals surface area contributed by atoms with Gasteiger partial charge in [0, 0.05) is 10.1 Å². The molecule has 0 atom stereocenters. The highest BCUT2D eigenvalue weighted by Gasteiger charge is 2.10. The van der Waals surface area contributed by atoms with E-state index in [0.717, 1.165) is 15.6 Å². The van der Waals surface area contributed by atoms with Crippen molar-refractivity contribution in [2.45, 2.75) is 6.42 Å². The van der Waals surface area contributed by atoms with Crippen LogP contribution >= 0.6 is 11.3 Å². The normalized spacial score (nSPS) is 11.0. The third kappa shape index (κ3) is 3.78. The van der Waals surface area contributed by atoms with Gasteiger partial charge in [0.25, 0.3) is 0 Å². The first-order valence-corrected chi connectivity index (χ1v) is 8.67. The molecular formula is C19H18N2O4S. The molecule has 0 fully saturated rings. The summed E-state index contributed by atoms with van der Waals surface area (Å²) in [7, 11) is 3.10. The van der Waals surface area contributed by atoms with Crippen molar-refractivity contribution >= 4 is 33.5 Å². The maximum absolute atomic E-state index is 12.1. The molecule has 0 unspecified atom stereocenters. The number of benzene rings is 2. The Morgan fingerprint density at radius 2 is 1.96 bits per heavy atom. The molecule has 134 valence electrons. The van der Waals surface area contributed by atoms with Crippen LogP contribution in [0.3, 0.4) is 0 Å². The molecule has 0 radical (unpaired) electrons. The van der Waals surface area contributed by atoms with Crippen LogP contribution < -0.4 is 14.9 Å². The number of nitrogens with zero attached hydrogens (tertiary/aromatic N) is 1. The maximum atomic E-state index is 12.1. The van der Waals surface area contributed by atoms with Crippen molar-refractivity contribution < 1.29 is 19.4 Å². The van der Waals surface area contributed by atoms with E-state index in [4.69, 9.17) is 9.47 Å². The van der Waals surface area contributed by atoms with Gasteiger partial charge in [-0.25, -0.2) is 5.43 Å². The third-order valence-electron chi connectivity index (χ3n) is 3.78. The Labute approximate surface area is 154 Å². The van der Waals surface area contributed by atoms with E-state index < -0.39 is 0 Å². The molecule has 7 heteroatoms. The highest BCUT2D eigenvalue weighted by atomic mass is 32.1. The first-order chi connectivity index (χ1) is 12.6. The van der Waals surface area contributed by atoms with Gasteiger partial charge in [0.15, 0.2) is 11.5 Å². The van der Waals surface area contributed by atoms with E-state index in [-0.39, 0.29) is 18.1 Å². The van der Waals surface area contributed by atoms with Crippen molar-refractivity contribution in [3.63, 3.8) is 0 Å². The minimum Gasteiger partial charge on any atom is -0.506 e. The van der Waals surface area contributed by atoms with Crippen molar-refractivity contribution in [1.82, 2.24) is 5.43 Å². The molecule has 1 amide bonds. The Morgan fingerprint density at radius 3 is 2.69 bits per heavy atom. The summed E-state index contributed by atoms with van der Waals surface area (Å²) in [6.45, 7) is 0. The molecular weight excluding hydrogens is 352 g/mol. The molecule has 6 nitrogen and oxygen atoms in total. The minimum absolute atomic E-state index is 0.149. The number of hydrogen-bond acceptors (Lipinski definition) is 6. The lowest BCUT2D eigenvalue weighted by Gasteiger charge is -2.09. The molecule has 26 heavy (non-hydrogen) atoms. The van der Waals surface area contributed by atoms with E-state index in [1.165, 1.54) is 17.6 Å². The van der Waals surface area contributed by atoms with Crippen LogP contribution in [-0.2, 0) is 11.2 Å². The molecule has 1 heterocycles. The quantitative estimate of drug-likeness (QED) is 0.515. The van der Waals surface area contributed by atoms with Crippen molar-refractivity contribution in [1.29, 1.82) is 0 Å². The minimum atomic E-state index is -0.269. The number of carbonyl (C=O) groups excluding carboxylic acids is 1. The first kappa shape index (κ1) is 17.8. The number of ether oxygens (including phenoxy) is 2. The number of carbonyl (C=O) groups is 1. The molecule has 0 spiro atoms. The topological polar surface area (TPSA) is 80.2 Å². The lowest BCUT2D eigenvalue weighted by molar-refractivity contribution is -0.120. The summed E-state index contributed by atoms with van der Waals surface area (Å²) in [5.41, 5.74) is 3.25. The number of hydrogen-bond donors (Lipinski definition) is 2. The smallest absolute Gasteiger partial charge is 0.244 e. The summed E-state index contributed by atoms with van der Waals surface area (Å²) in [5, 5.41) is 14.9. The standard InChI is InChI=1S/C19H18N2O4S/c1-24-14-8-7-12(9-15(14)25-2)10-18(22)21-20-11-17-19(23)13-5-3-4-6-16(13)26-17/h3-9,11,23H,10H2,1-2H3,(H,21,22). The van der Waals surface area contributed by atoms with E-state index in [0.29, 0.717) is 16.4 Å². The second-order valence-corrected chi connectivity index (χ2v) is 6.55. The fourth-order valence-corrected chi connectivity index (χ4v) is 3.49. The zero-order valence-corrected chi connectivity index (χ0v) is 15.2. The Kier molecular flexibility index (Phi) is 5.38. The molecule has 0 aliphatic rings. The molecule has 0 saturated carbocycles. The predicted molar refractivity (Wildman–Crippen MR) is 102 cm³/mol. The van der Waals surface area contributed by atoms with Crippen LogP contribution in [0.25, 0.3) is 10.1 Å². The van der Waals surface area contributed by atoms with E-state index in [1.54, 1.807) is 32.4 Å². The first-order valence-electron chi connectivity index (χ1n) is 7.85. The number of thiophene rings is 1. The fraction of sp³-hybridized carbons (Fsp3) is 0.158. The largest absolute Gasteiger partial charge is 0.506 e. The van der Waals surface area contributed by atoms with Gasteiger partial charge in [-0.05, 0) is 29.8 Å². The molecule has 0 saturated heterocycles. The van der Waals surface area contributed by atoms with Crippen LogP contribution in [-0.4, -0.2) is 31.4 Å². The lowest BCUT2D eigenvalue weighted by Crippen LogP contribution is -2.19. The monoisotopic (exact) mass is 370 g/mol. The van der Waals surface area contributed by atoms with Gasteiger partial charge in [0.1, 0.15) is 5.75 Å².